The van der Waals surface area contributed by atoms with Crippen molar-refractivity contribution in [3.05, 3.63) is 53.3 Å². The molecule has 3 nitrogen and oxygen atoms in total. The normalized spacial score (nSPS) is 10.1. The SMILES string of the molecule is Cc1cn(CCOc2ccccc2C)cc1C#N. The summed E-state index contributed by atoms with van der Waals surface area (Å²) in [7, 11) is 0. The number of ether oxygens (including phenoxy) is 1. The third-order valence-corrected chi connectivity index (χ3v) is 2.90. The first-order valence-electron chi connectivity index (χ1n) is 5.95. The molecule has 0 unspecified atom stereocenters. The summed E-state index contributed by atoms with van der Waals surface area (Å²) in [6.45, 7) is 5.32. The summed E-state index contributed by atoms with van der Waals surface area (Å²) in [5.41, 5.74) is 2.87. The lowest BCUT2D eigenvalue weighted by Gasteiger charge is -2.09. The van der Waals surface area contributed by atoms with Crippen LogP contribution in [-0.4, -0.2) is 11.2 Å². The third kappa shape index (κ3) is 2.72. The molecule has 0 saturated heterocycles. The van der Waals surface area contributed by atoms with Gasteiger partial charge in [-0.3, -0.25) is 0 Å². The standard InChI is InChI=1S/C15H16N2O/c1-12-5-3-4-6-15(12)18-8-7-17-10-13(2)14(9-16)11-17/h3-6,10-11H,7-8H2,1-2H3. The summed E-state index contributed by atoms with van der Waals surface area (Å²) in [5, 5.41) is 8.88. The van der Waals surface area contributed by atoms with Crippen LogP contribution in [0.1, 0.15) is 16.7 Å². The van der Waals surface area contributed by atoms with Crippen molar-refractivity contribution in [2.45, 2.75) is 20.4 Å². The minimum atomic E-state index is 0.601. The van der Waals surface area contributed by atoms with E-state index >= 15 is 0 Å². The van der Waals surface area contributed by atoms with E-state index in [1.54, 1.807) is 0 Å². The summed E-state index contributed by atoms with van der Waals surface area (Å²) < 4.78 is 7.71. The van der Waals surface area contributed by atoms with Crippen LogP contribution in [-0.2, 0) is 6.54 Å². The van der Waals surface area contributed by atoms with Crippen LogP contribution in [0.2, 0.25) is 0 Å². The molecule has 0 N–H and O–H groups in total. The van der Waals surface area contributed by atoms with Gasteiger partial charge in [0.25, 0.3) is 0 Å². The first kappa shape index (κ1) is 12.3. The highest BCUT2D eigenvalue weighted by Gasteiger charge is 2.02. The van der Waals surface area contributed by atoms with Gasteiger partial charge >= 0.3 is 0 Å². The van der Waals surface area contributed by atoms with E-state index in [-0.39, 0.29) is 0 Å². The summed E-state index contributed by atoms with van der Waals surface area (Å²) in [5.74, 6) is 0.918. The lowest BCUT2D eigenvalue weighted by atomic mass is 10.2. The zero-order valence-electron chi connectivity index (χ0n) is 10.7. The number of nitrogens with zero attached hydrogens (tertiary/aromatic N) is 2. The Morgan fingerprint density at radius 2 is 1.94 bits per heavy atom. The van der Waals surface area contributed by atoms with Gasteiger partial charge in [0.15, 0.2) is 0 Å². The first-order chi connectivity index (χ1) is 8.70. The molecule has 92 valence electrons. The Hall–Kier alpha value is -2.21. The summed E-state index contributed by atoms with van der Waals surface area (Å²) in [4.78, 5) is 0. The average Bonchev–Trinajstić information content (AvgIpc) is 2.72. The summed E-state index contributed by atoms with van der Waals surface area (Å²) in [6, 6.07) is 10.1. The van der Waals surface area contributed by atoms with Gasteiger partial charge in [-0.2, -0.15) is 5.26 Å². The fraction of sp³-hybridized carbons (Fsp3) is 0.267. The molecular weight excluding hydrogens is 224 g/mol. The van der Waals surface area contributed by atoms with Crippen molar-refractivity contribution >= 4 is 0 Å². The second kappa shape index (κ2) is 5.42. The smallest absolute Gasteiger partial charge is 0.122 e. The molecule has 2 aromatic rings. The van der Waals surface area contributed by atoms with E-state index in [0.29, 0.717) is 6.61 Å². The quantitative estimate of drug-likeness (QED) is 0.823. The Morgan fingerprint density at radius 1 is 1.17 bits per heavy atom. The van der Waals surface area contributed by atoms with Crippen molar-refractivity contribution in [2.75, 3.05) is 6.61 Å². The maximum Gasteiger partial charge on any atom is 0.122 e. The zero-order chi connectivity index (χ0) is 13.0. The Bertz CT molecular complexity index is 578. The molecule has 18 heavy (non-hydrogen) atoms. The zero-order valence-corrected chi connectivity index (χ0v) is 10.7. The number of nitriles is 1. The predicted molar refractivity (Wildman–Crippen MR) is 70.6 cm³/mol. The van der Waals surface area contributed by atoms with E-state index in [1.165, 1.54) is 0 Å². The van der Waals surface area contributed by atoms with E-state index in [1.807, 2.05) is 55.1 Å². The molecule has 1 aromatic carbocycles. The van der Waals surface area contributed by atoms with Crippen LogP contribution in [0.25, 0.3) is 0 Å². The topological polar surface area (TPSA) is 38.0 Å². The highest BCUT2D eigenvalue weighted by Crippen LogP contribution is 2.16. The Kier molecular flexibility index (Phi) is 3.69. The number of aromatic nitrogens is 1. The first-order valence-corrected chi connectivity index (χ1v) is 5.95. The van der Waals surface area contributed by atoms with Crippen LogP contribution in [0, 0.1) is 25.2 Å². The lowest BCUT2D eigenvalue weighted by Crippen LogP contribution is -2.07. The van der Waals surface area contributed by atoms with Crippen molar-refractivity contribution in [1.82, 2.24) is 4.57 Å². The van der Waals surface area contributed by atoms with E-state index in [4.69, 9.17) is 10.00 Å². The van der Waals surface area contributed by atoms with Crippen LogP contribution in [0.15, 0.2) is 36.7 Å². The van der Waals surface area contributed by atoms with Crippen LogP contribution in [0.3, 0.4) is 0 Å². The molecule has 0 saturated carbocycles. The molecule has 3 heteroatoms. The highest BCUT2D eigenvalue weighted by atomic mass is 16.5. The van der Waals surface area contributed by atoms with Gasteiger partial charge in [0, 0.05) is 12.4 Å². The fourth-order valence-corrected chi connectivity index (χ4v) is 1.85. The Morgan fingerprint density at radius 3 is 2.61 bits per heavy atom. The maximum atomic E-state index is 8.88. The second-order valence-corrected chi connectivity index (χ2v) is 4.32. The van der Waals surface area contributed by atoms with Gasteiger partial charge in [-0.25, -0.2) is 0 Å². The molecule has 0 amide bonds. The fourth-order valence-electron chi connectivity index (χ4n) is 1.85. The van der Waals surface area contributed by atoms with Gasteiger partial charge < -0.3 is 9.30 Å². The summed E-state index contributed by atoms with van der Waals surface area (Å²) in [6.07, 6.45) is 3.83. The molecular formula is C15H16N2O. The Balaban J connectivity index is 1.93. The number of para-hydroxylation sites is 1. The number of hydrogen-bond acceptors (Lipinski definition) is 2. The molecule has 0 atom stereocenters. The Labute approximate surface area is 107 Å². The largest absolute Gasteiger partial charge is 0.491 e. The van der Waals surface area contributed by atoms with Crippen molar-refractivity contribution in [2.24, 2.45) is 0 Å². The summed E-state index contributed by atoms with van der Waals surface area (Å²) >= 11 is 0. The van der Waals surface area contributed by atoms with Gasteiger partial charge in [0.05, 0.1) is 12.1 Å². The molecule has 0 spiro atoms. The number of hydrogen-bond donors (Lipinski definition) is 0. The van der Waals surface area contributed by atoms with Crippen LogP contribution in [0.4, 0.5) is 0 Å². The van der Waals surface area contributed by atoms with E-state index in [9.17, 15) is 0 Å². The van der Waals surface area contributed by atoms with E-state index < -0.39 is 0 Å². The molecule has 0 aliphatic heterocycles. The lowest BCUT2D eigenvalue weighted by molar-refractivity contribution is 0.296. The minimum Gasteiger partial charge on any atom is -0.491 e. The molecule has 0 fully saturated rings. The monoisotopic (exact) mass is 240 g/mol. The second-order valence-electron chi connectivity index (χ2n) is 4.32. The van der Waals surface area contributed by atoms with Gasteiger partial charge in [-0.1, -0.05) is 18.2 Å². The minimum absolute atomic E-state index is 0.601. The van der Waals surface area contributed by atoms with E-state index in [0.717, 1.165) is 29.0 Å². The van der Waals surface area contributed by atoms with E-state index in [2.05, 4.69) is 6.07 Å². The van der Waals surface area contributed by atoms with Crippen LogP contribution >= 0.6 is 0 Å². The number of rotatable bonds is 4. The highest BCUT2D eigenvalue weighted by molar-refractivity contribution is 5.34. The molecule has 0 aliphatic rings. The molecule has 2 rings (SSSR count). The maximum absolute atomic E-state index is 8.88. The molecule has 1 heterocycles. The van der Waals surface area contributed by atoms with Crippen molar-refractivity contribution in [1.29, 1.82) is 5.26 Å². The van der Waals surface area contributed by atoms with Gasteiger partial charge in [0.1, 0.15) is 18.4 Å². The van der Waals surface area contributed by atoms with Crippen molar-refractivity contribution in [3.63, 3.8) is 0 Å². The van der Waals surface area contributed by atoms with Crippen molar-refractivity contribution in [3.8, 4) is 11.8 Å². The van der Waals surface area contributed by atoms with Gasteiger partial charge in [-0.05, 0) is 31.0 Å². The molecule has 1 aromatic heterocycles. The number of aryl methyl sites for hydroxylation is 2. The van der Waals surface area contributed by atoms with Crippen LogP contribution in [0.5, 0.6) is 5.75 Å². The molecule has 0 bridgehead atoms. The van der Waals surface area contributed by atoms with Crippen molar-refractivity contribution < 1.29 is 4.74 Å². The van der Waals surface area contributed by atoms with Gasteiger partial charge in [-0.15, -0.1) is 0 Å². The third-order valence-electron chi connectivity index (χ3n) is 2.90. The predicted octanol–water partition coefficient (Wildman–Crippen LogP) is 3.06. The van der Waals surface area contributed by atoms with Crippen LogP contribution < -0.4 is 4.74 Å². The number of benzene rings is 1. The molecule has 0 aliphatic carbocycles. The van der Waals surface area contributed by atoms with Gasteiger partial charge in [0.2, 0.25) is 0 Å². The average molecular weight is 240 g/mol. The molecule has 0 radical (unpaired) electrons.